The lowest BCUT2D eigenvalue weighted by atomic mass is 10.1. The normalized spacial score (nSPS) is 11.5. The zero-order valence-corrected chi connectivity index (χ0v) is 20.3. The number of aromatic nitrogens is 1. The Kier molecular flexibility index (Phi) is 10.3. The van der Waals surface area contributed by atoms with Gasteiger partial charge in [0.1, 0.15) is 25.0 Å². The molecule has 0 amide bonds. The van der Waals surface area contributed by atoms with Gasteiger partial charge in [-0.15, -0.1) is 0 Å². The molecule has 184 valence electrons. The van der Waals surface area contributed by atoms with E-state index in [4.69, 9.17) is 14.3 Å². The monoisotopic (exact) mass is 475 g/mol. The first-order valence-electron chi connectivity index (χ1n) is 11.8. The lowest BCUT2D eigenvalue weighted by Gasteiger charge is -2.16. The Labute approximate surface area is 207 Å². The highest BCUT2D eigenvalue weighted by atomic mass is 16.7. The van der Waals surface area contributed by atoms with Crippen molar-refractivity contribution in [2.45, 2.75) is 26.3 Å². The molecule has 1 heterocycles. The fourth-order valence-electron chi connectivity index (χ4n) is 3.46. The molecule has 0 bridgehead atoms. The van der Waals surface area contributed by atoms with Gasteiger partial charge in [0, 0.05) is 11.8 Å². The minimum atomic E-state index is -0.356. The van der Waals surface area contributed by atoms with Gasteiger partial charge in [-0.2, -0.15) is 0 Å². The van der Waals surface area contributed by atoms with Crippen LogP contribution in [0.25, 0.3) is 17.0 Å². The molecule has 1 atom stereocenters. The van der Waals surface area contributed by atoms with E-state index < -0.39 is 0 Å². The molecule has 7 nitrogen and oxygen atoms in total. The zero-order valence-electron chi connectivity index (χ0n) is 20.3. The topological polar surface area (TPSA) is 81.7 Å². The number of nitrogens with zero attached hydrogens (tertiary/aromatic N) is 1. The number of hydrogen-bond donors (Lipinski definition) is 2. The number of benzene rings is 2. The van der Waals surface area contributed by atoms with Crippen LogP contribution < -0.4 is 15.5 Å². The minimum absolute atomic E-state index is 0.231. The predicted molar refractivity (Wildman–Crippen MR) is 138 cm³/mol. The Hall–Kier alpha value is -3.68. The molecule has 1 unspecified atom stereocenters. The van der Waals surface area contributed by atoms with E-state index in [-0.39, 0.29) is 12.0 Å². The fraction of sp³-hybridized carbons (Fsp3) is 0.286. The molecule has 3 rings (SSSR count). The number of nitrogens with one attached hydrogen (secondary N) is 2. The van der Waals surface area contributed by atoms with Crippen LogP contribution in [-0.4, -0.2) is 43.4 Å². The van der Waals surface area contributed by atoms with Gasteiger partial charge >= 0.3 is 5.97 Å². The van der Waals surface area contributed by atoms with Gasteiger partial charge in [0.05, 0.1) is 18.0 Å². The quantitative estimate of drug-likeness (QED) is 0.203. The second-order valence-corrected chi connectivity index (χ2v) is 7.78. The average molecular weight is 476 g/mol. The van der Waals surface area contributed by atoms with Crippen LogP contribution in [0.2, 0.25) is 0 Å². The molecular weight excluding hydrogens is 442 g/mol. The highest BCUT2D eigenvalue weighted by molar-refractivity contribution is 5.76. The largest absolute Gasteiger partial charge is 0.491 e. The maximum atomic E-state index is 12.1. The van der Waals surface area contributed by atoms with Crippen molar-refractivity contribution in [3.63, 3.8) is 0 Å². The van der Waals surface area contributed by atoms with Crippen LogP contribution in [0.1, 0.15) is 25.0 Å². The van der Waals surface area contributed by atoms with Gasteiger partial charge in [-0.3, -0.25) is 20.1 Å². The van der Waals surface area contributed by atoms with Gasteiger partial charge in [-0.25, -0.2) is 0 Å². The van der Waals surface area contributed by atoms with Crippen LogP contribution in [0, 0.1) is 0 Å². The van der Waals surface area contributed by atoms with E-state index in [1.54, 1.807) is 6.20 Å². The number of ether oxygens (including phenoxy) is 2. The summed E-state index contributed by atoms with van der Waals surface area (Å²) in [5, 5.41) is 3.17. The highest BCUT2D eigenvalue weighted by Crippen LogP contribution is 2.19. The Morgan fingerprint density at radius 1 is 1.00 bits per heavy atom. The molecule has 0 aliphatic heterocycles. The van der Waals surface area contributed by atoms with Gasteiger partial charge in [-0.1, -0.05) is 56.0 Å². The van der Waals surface area contributed by atoms with Gasteiger partial charge in [0.15, 0.2) is 0 Å². The maximum absolute atomic E-state index is 12.1. The molecular formula is C28H33N3O4. The van der Waals surface area contributed by atoms with Crippen LogP contribution >= 0.6 is 0 Å². The number of esters is 1. The van der Waals surface area contributed by atoms with E-state index in [9.17, 15) is 4.79 Å². The van der Waals surface area contributed by atoms with E-state index in [1.807, 2.05) is 80.6 Å². The third kappa shape index (κ3) is 8.24. The standard InChI is InChI=1S/C28H33N3O4/c1-4-29-27(28(32)33-5-2)20-22-9-15-25(16-10-22)34-18-19-35-31-21(3)23-11-13-24(14-12-23)26-8-6-7-17-30-26/h6-17,27,29,31H,3-5,18-20H2,1-2H3. The summed E-state index contributed by atoms with van der Waals surface area (Å²) in [7, 11) is 0. The highest BCUT2D eigenvalue weighted by Gasteiger charge is 2.18. The van der Waals surface area contributed by atoms with Crippen LogP contribution in [0.4, 0.5) is 0 Å². The molecule has 2 aromatic carbocycles. The summed E-state index contributed by atoms with van der Waals surface area (Å²) in [4.78, 5) is 21.9. The number of carbonyl (C=O) groups excluding carboxylic acids is 1. The summed E-state index contributed by atoms with van der Waals surface area (Å²) in [6, 6.07) is 21.1. The summed E-state index contributed by atoms with van der Waals surface area (Å²) >= 11 is 0. The lowest BCUT2D eigenvalue weighted by Crippen LogP contribution is -2.39. The molecule has 0 radical (unpaired) electrons. The molecule has 0 fully saturated rings. The number of hydrogen-bond acceptors (Lipinski definition) is 7. The van der Waals surface area contributed by atoms with Crippen molar-refractivity contribution in [2.24, 2.45) is 0 Å². The zero-order chi connectivity index (χ0) is 24.9. The third-order valence-electron chi connectivity index (χ3n) is 5.23. The fourth-order valence-corrected chi connectivity index (χ4v) is 3.46. The van der Waals surface area contributed by atoms with E-state index >= 15 is 0 Å². The molecule has 0 aliphatic rings. The Morgan fingerprint density at radius 3 is 2.43 bits per heavy atom. The summed E-state index contributed by atoms with van der Waals surface area (Å²) in [5.74, 6) is 0.502. The molecule has 0 aliphatic carbocycles. The van der Waals surface area contributed by atoms with Gasteiger partial charge in [-0.05, 0) is 55.3 Å². The van der Waals surface area contributed by atoms with Gasteiger partial charge in [0.25, 0.3) is 0 Å². The van der Waals surface area contributed by atoms with Crippen LogP contribution in [0.15, 0.2) is 79.5 Å². The third-order valence-corrected chi connectivity index (χ3v) is 5.23. The average Bonchev–Trinajstić information content (AvgIpc) is 2.90. The smallest absolute Gasteiger partial charge is 0.323 e. The van der Waals surface area contributed by atoms with Gasteiger partial charge < -0.3 is 14.8 Å². The lowest BCUT2D eigenvalue weighted by molar-refractivity contribution is -0.145. The van der Waals surface area contributed by atoms with Crippen molar-refractivity contribution in [1.29, 1.82) is 0 Å². The molecule has 0 spiro atoms. The Morgan fingerprint density at radius 2 is 1.77 bits per heavy atom. The van der Waals surface area contributed by atoms with Gasteiger partial charge in [0.2, 0.25) is 0 Å². The summed E-state index contributed by atoms with van der Waals surface area (Å²) < 4.78 is 10.9. The van der Waals surface area contributed by atoms with E-state index in [0.717, 1.165) is 28.1 Å². The van der Waals surface area contributed by atoms with E-state index in [1.165, 1.54) is 0 Å². The van der Waals surface area contributed by atoms with Crippen molar-refractivity contribution in [2.75, 3.05) is 26.4 Å². The molecule has 35 heavy (non-hydrogen) atoms. The van der Waals surface area contributed by atoms with Crippen molar-refractivity contribution >= 4 is 11.7 Å². The van der Waals surface area contributed by atoms with Crippen LogP contribution in [-0.2, 0) is 20.8 Å². The minimum Gasteiger partial charge on any atom is -0.491 e. The Bertz CT molecular complexity index is 1050. The molecule has 3 aromatic rings. The van der Waals surface area contributed by atoms with E-state index in [2.05, 4.69) is 22.4 Å². The number of carbonyl (C=O) groups is 1. The second-order valence-electron chi connectivity index (χ2n) is 7.78. The van der Waals surface area contributed by atoms with Crippen LogP contribution in [0.3, 0.4) is 0 Å². The number of pyridine rings is 1. The predicted octanol–water partition coefficient (Wildman–Crippen LogP) is 4.40. The number of likely N-dealkylation sites (N-methyl/N-ethyl adjacent to an activating group) is 1. The summed E-state index contributed by atoms with van der Waals surface area (Å²) in [6.45, 7) is 9.59. The maximum Gasteiger partial charge on any atom is 0.323 e. The molecule has 7 heteroatoms. The number of rotatable bonds is 14. The summed E-state index contributed by atoms with van der Waals surface area (Å²) in [6.07, 6.45) is 2.34. The Balaban J connectivity index is 1.38. The second kappa shape index (κ2) is 13.9. The SMILES string of the molecule is C=C(NOCCOc1ccc(CC(NCC)C(=O)OCC)cc1)c1ccc(-c2ccccn2)cc1. The first kappa shape index (κ1) is 25.9. The molecule has 1 aromatic heterocycles. The summed E-state index contributed by atoms with van der Waals surface area (Å²) in [5.41, 5.74) is 7.46. The van der Waals surface area contributed by atoms with Crippen molar-refractivity contribution in [3.05, 3.63) is 90.6 Å². The van der Waals surface area contributed by atoms with E-state index in [0.29, 0.717) is 38.5 Å². The first-order valence-corrected chi connectivity index (χ1v) is 11.8. The molecule has 2 N–H and O–H groups in total. The molecule has 0 saturated carbocycles. The van der Waals surface area contributed by atoms with Crippen molar-refractivity contribution in [1.82, 2.24) is 15.8 Å². The van der Waals surface area contributed by atoms with Crippen molar-refractivity contribution < 1.29 is 19.1 Å². The molecule has 0 saturated heterocycles. The van der Waals surface area contributed by atoms with Crippen molar-refractivity contribution in [3.8, 4) is 17.0 Å². The van der Waals surface area contributed by atoms with Crippen LogP contribution in [0.5, 0.6) is 5.75 Å². The first-order chi connectivity index (χ1) is 17.1. The number of hydroxylamine groups is 1.